The predicted octanol–water partition coefficient (Wildman–Crippen LogP) is 6.20. The fourth-order valence-corrected chi connectivity index (χ4v) is 5.57. The van der Waals surface area contributed by atoms with Crippen LogP contribution in [0.3, 0.4) is 0 Å². The van der Waals surface area contributed by atoms with E-state index in [2.05, 4.69) is 39.1 Å². The van der Waals surface area contributed by atoms with Crippen LogP contribution in [0.1, 0.15) is 70.4 Å². The topological polar surface area (TPSA) is 37.3 Å². The van der Waals surface area contributed by atoms with Gasteiger partial charge in [-0.25, -0.2) is 0 Å². The number of allylic oxidation sites excluding steroid dienone is 2. The van der Waals surface area contributed by atoms with Gasteiger partial charge in [-0.15, -0.1) is 13.2 Å². The maximum Gasteiger partial charge on any atom is 0.139 e. The second-order valence-corrected chi connectivity index (χ2v) is 7.59. The highest BCUT2D eigenvalue weighted by molar-refractivity contribution is 5.87. The van der Waals surface area contributed by atoms with Crippen LogP contribution in [0.25, 0.3) is 0 Å². The molecule has 2 nitrogen and oxygen atoms in total. The summed E-state index contributed by atoms with van der Waals surface area (Å²) in [4.78, 5) is 12.5. The molecule has 2 fully saturated rings. The number of phenolic OH excluding ortho intramolecular Hbond substituents is 1. The third-order valence-electron chi connectivity index (χ3n) is 6.63. The van der Waals surface area contributed by atoms with Crippen LogP contribution in [-0.4, -0.2) is 10.9 Å². The molecule has 0 saturated heterocycles. The Morgan fingerprint density at radius 2 is 1.88 bits per heavy atom. The van der Waals surface area contributed by atoms with Gasteiger partial charge in [0.05, 0.1) is 0 Å². The van der Waals surface area contributed by atoms with Gasteiger partial charge in [0.2, 0.25) is 0 Å². The zero-order chi connectivity index (χ0) is 19.5. The van der Waals surface area contributed by atoms with E-state index in [1.165, 1.54) is 16.7 Å². The molecule has 3 aliphatic rings. The van der Waals surface area contributed by atoms with Crippen LogP contribution < -0.4 is 0 Å². The molecule has 3 aliphatic carbocycles. The second-order valence-electron chi connectivity index (χ2n) is 7.59. The van der Waals surface area contributed by atoms with Crippen LogP contribution in [-0.2, 0) is 11.2 Å². The van der Waals surface area contributed by atoms with Gasteiger partial charge in [-0.05, 0) is 67.7 Å². The van der Waals surface area contributed by atoms with Crippen LogP contribution >= 0.6 is 0 Å². The van der Waals surface area contributed by atoms with Crippen molar-refractivity contribution >= 4 is 5.78 Å². The molecule has 0 radical (unpaired) electrons. The number of carbonyl (C=O) groups is 1. The van der Waals surface area contributed by atoms with E-state index in [1.807, 2.05) is 26.0 Å². The Balaban J connectivity index is 0.000000570. The average Bonchev–Trinajstić information content (AvgIpc) is 2.98. The molecular weight excluding hydrogens is 320 g/mol. The molecule has 1 N–H and O–H groups in total. The lowest BCUT2D eigenvalue weighted by Gasteiger charge is -2.49. The summed E-state index contributed by atoms with van der Waals surface area (Å²) in [6.07, 6.45) is 7.18. The summed E-state index contributed by atoms with van der Waals surface area (Å²) in [5.74, 6) is 2.44. The Kier molecular flexibility index (Phi) is 6.49. The molecule has 4 rings (SSSR count). The van der Waals surface area contributed by atoms with E-state index in [0.29, 0.717) is 29.3 Å². The van der Waals surface area contributed by atoms with Gasteiger partial charge in [-0.2, -0.15) is 0 Å². The van der Waals surface area contributed by atoms with Crippen molar-refractivity contribution in [2.75, 3.05) is 0 Å². The molecule has 2 saturated carbocycles. The first kappa shape index (κ1) is 20.5. The van der Waals surface area contributed by atoms with Crippen LogP contribution in [0.2, 0.25) is 0 Å². The first-order chi connectivity index (χ1) is 12.5. The molecule has 26 heavy (non-hydrogen) atoms. The SMILES string of the molecule is C/C=C1\CC2(C)C(=O)CCC2C2CCc3cc(O)ccc3C12.C=C.CC. The first-order valence-electron chi connectivity index (χ1n) is 10.0. The van der Waals surface area contributed by atoms with E-state index in [0.717, 1.165) is 32.1 Å². The minimum atomic E-state index is -0.128. The van der Waals surface area contributed by atoms with Gasteiger partial charge in [0.25, 0.3) is 0 Å². The number of hydrogen-bond acceptors (Lipinski definition) is 2. The summed E-state index contributed by atoms with van der Waals surface area (Å²) >= 11 is 0. The minimum Gasteiger partial charge on any atom is -0.508 e. The van der Waals surface area contributed by atoms with Gasteiger partial charge in [0, 0.05) is 17.8 Å². The molecule has 4 atom stereocenters. The van der Waals surface area contributed by atoms with Gasteiger partial charge >= 0.3 is 0 Å². The Morgan fingerprint density at radius 3 is 2.54 bits per heavy atom. The summed E-state index contributed by atoms with van der Waals surface area (Å²) in [6, 6.07) is 5.87. The highest BCUT2D eigenvalue weighted by Gasteiger charge is 2.55. The maximum atomic E-state index is 12.5. The Labute approximate surface area is 159 Å². The highest BCUT2D eigenvalue weighted by Crippen LogP contribution is 2.61. The third kappa shape index (κ3) is 3.15. The van der Waals surface area contributed by atoms with Gasteiger partial charge in [0.15, 0.2) is 0 Å². The summed E-state index contributed by atoms with van der Waals surface area (Å²) in [7, 11) is 0. The third-order valence-corrected chi connectivity index (χ3v) is 6.63. The fourth-order valence-electron chi connectivity index (χ4n) is 5.57. The lowest BCUT2D eigenvalue weighted by Crippen LogP contribution is -2.43. The zero-order valence-corrected chi connectivity index (χ0v) is 16.8. The normalized spacial score (nSPS) is 33.0. The summed E-state index contributed by atoms with van der Waals surface area (Å²) in [6.45, 7) is 14.3. The quantitative estimate of drug-likeness (QED) is 0.563. The number of fused-ring (bicyclic) bond motifs is 5. The number of Topliss-reactive ketones (excluding diaryl/α,β-unsaturated/α-hetero) is 1. The van der Waals surface area contributed by atoms with Crippen molar-refractivity contribution in [3.63, 3.8) is 0 Å². The Morgan fingerprint density at radius 1 is 1.19 bits per heavy atom. The van der Waals surface area contributed by atoms with Crippen molar-refractivity contribution < 1.29 is 9.90 Å². The number of aromatic hydroxyl groups is 1. The number of aryl methyl sites for hydroxylation is 1. The molecule has 4 unspecified atom stereocenters. The molecule has 142 valence electrons. The van der Waals surface area contributed by atoms with Crippen LogP contribution in [0.4, 0.5) is 0 Å². The fraction of sp³-hybridized carbons (Fsp3) is 0.542. The summed E-state index contributed by atoms with van der Waals surface area (Å²) in [5.41, 5.74) is 4.00. The second kappa shape index (κ2) is 8.24. The van der Waals surface area contributed by atoms with Crippen LogP contribution in [0.15, 0.2) is 43.0 Å². The van der Waals surface area contributed by atoms with E-state index < -0.39 is 0 Å². The van der Waals surface area contributed by atoms with Crippen LogP contribution in [0.5, 0.6) is 5.75 Å². The molecule has 0 aliphatic heterocycles. The molecule has 2 heteroatoms. The minimum absolute atomic E-state index is 0.128. The van der Waals surface area contributed by atoms with Crippen molar-refractivity contribution in [2.45, 2.75) is 65.7 Å². The summed E-state index contributed by atoms with van der Waals surface area (Å²) < 4.78 is 0. The number of ketones is 1. The lowest BCUT2D eigenvalue weighted by atomic mass is 9.54. The molecule has 0 heterocycles. The van der Waals surface area contributed by atoms with Crippen molar-refractivity contribution in [3.8, 4) is 5.75 Å². The summed E-state index contributed by atoms with van der Waals surface area (Å²) in [5, 5.41) is 9.77. The van der Waals surface area contributed by atoms with Crippen LogP contribution in [0, 0.1) is 17.3 Å². The maximum absolute atomic E-state index is 12.5. The van der Waals surface area contributed by atoms with Gasteiger partial charge < -0.3 is 5.11 Å². The molecule has 0 aromatic heterocycles. The number of hydrogen-bond donors (Lipinski definition) is 1. The smallest absolute Gasteiger partial charge is 0.139 e. The molecular formula is C24H34O2. The van der Waals surface area contributed by atoms with E-state index in [-0.39, 0.29) is 5.41 Å². The van der Waals surface area contributed by atoms with Crippen molar-refractivity contribution in [2.24, 2.45) is 17.3 Å². The monoisotopic (exact) mass is 354 g/mol. The largest absolute Gasteiger partial charge is 0.508 e. The van der Waals surface area contributed by atoms with E-state index in [9.17, 15) is 9.90 Å². The van der Waals surface area contributed by atoms with E-state index >= 15 is 0 Å². The Hall–Kier alpha value is -1.83. The predicted molar refractivity (Wildman–Crippen MR) is 109 cm³/mol. The number of rotatable bonds is 0. The van der Waals surface area contributed by atoms with E-state index in [4.69, 9.17) is 0 Å². The van der Waals surface area contributed by atoms with E-state index in [1.54, 1.807) is 0 Å². The average molecular weight is 355 g/mol. The molecule has 0 bridgehead atoms. The van der Waals surface area contributed by atoms with Crippen molar-refractivity contribution in [1.29, 1.82) is 0 Å². The lowest BCUT2D eigenvalue weighted by molar-refractivity contribution is -0.128. The number of carbonyl (C=O) groups excluding carboxylic acids is 1. The highest BCUT2D eigenvalue weighted by atomic mass is 16.3. The molecule has 0 spiro atoms. The number of phenols is 1. The Bertz CT molecular complexity index is 687. The van der Waals surface area contributed by atoms with Gasteiger partial charge in [-0.1, -0.05) is 38.5 Å². The molecule has 1 aromatic rings. The van der Waals surface area contributed by atoms with Crippen molar-refractivity contribution in [3.05, 3.63) is 54.1 Å². The van der Waals surface area contributed by atoms with Gasteiger partial charge in [-0.3, -0.25) is 4.79 Å². The molecule has 1 aromatic carbocycles. The van der Waals surface area contributed by atoms with Gasteiger partial charge in [0.1, 0.15) is 11.5 Å². The molecule has 0 amide bonds. The zero-order valence-electron chi connectivity index (χ0n) is 16.8. The number of benzene rings is 1. The standard InChI is InChI=1S/C20H24O2.C2H6.C2H4/c1-3-12-11-20(2)17(8-9-18(20)22)16-6-4-13-10-14(21)5-7-15(13)19(12)16;2*1-2/h3,5,7,10,16-17,19,21H,4,6,8-9,11H2,1-2H3;1-2H3;1-2H2/b12-3+;;. The first-order valence-corrected chi connectivity index (χ1v) is 10.0. The van der Waals surface area contributed by atoms with Crippen molar-refractivity contribution in [1.82, 2.24) is 0 Å².